The van der Waals surface area contributed by atoms with E-state index in [2.05, 4.69) is 4.98 Å². The molecule has 0 N–H and O–H groups in total. The molecule has 0 spiro atoms. The molecule has 1 saturated heterocycles. The van der Waals surface area contributed by atoms with Crippen molar-refractivity contribution < 1.29 is 18.0 Å². The largest absolute Gasteiger partial charge is 0.339 e. The van der Waals surface area contributed by atoms with Crippen molar-refractivity contribution >= 4 is 21.7 Å². The second kappa shape index (κ2) is 6.43. The van der Waals surface area contributed by atoms with E-state index in [4.69, 9.17) is 0 Å². The first-order chi connectivity index (χ1) is 10.3. The lowest BCUT2D eigenvalue weighted by Gasteiger charge is -2.35. The summed E-state index contributed by atoms with van der Waals surface area (Å²) in [4.78, 5) is 30.6. The van der Waals surface area contributed by atoms with E-state index in [0.29, 0.717) is 26.2 Å². The molecule has 1 aliphatic heterocycles. The van der Waals surface area contributed by atoms with Crippen LogP contribution in [0, 0.1) is 0 Å². The molecule has 1 aromatic heterocycles. The Morgan fingerprint density at radius 3 is 2.23 bits per heavy atom. The molecule has 22 heavy (non-hydrogen) atoms. The minimum Gasteiger partial charge on any atom is -0.339 e. The molecule has 0 aromatic carbocycles. The SMILES string of the molecule is CC(=O)N1CCN(C(=O)C(C)S(=O)(=O)c2ccccn2)CC1. The van der Waals surface area contributed by atoms with Gasteiger partial charge in [-0.1, -0.05) is 6.07 Å². The molecule has 1 fully saturated rings. The molecule has 2 heterocycles. The number of piperazine rings is 1. The van der Waals surface area contributed by atoms with Gasteiger partial charge in [0.05, 0.1) is 0 Å². The van der Waals surface area contributed by atoms with Crippen molar-refractivity contribution in [3.05, 3.63) is 24.4 Å². The Kier molecular flexibility index (Phi) is 4.80. The van der Waals surface area contributed by atoms with E-state index in [-0.39, 0.29) is 10.9 Å². The summed E-state index contributed by atoms with van der Waals surface area (Å²) in [6.45, 7) is 4.41. The van der Waals surface area contributed by atoms with E-state index in [1.54, 1.807) is 17.0 Å². The van der Waals surface area contributed by atoms with E-state index < -0.39 is 21.0 Å². The molecule has 0 saturated carbocycles. The Morgan fingerprint density at radius 1 is 1.14 bits per heavy atom. The molecular formula is C14H19N3O4S. The van der Waals surface area contributed by atoms with E-state index in [9.17, 15) is 18.0 Å². The number of rotatable bonds is 3. The summed E-state index contributed by atoms with van der Waals surface area (Å²) in [5, 5.41) is -1.29. The highest BCUT2D eigenvalue weighted by atomic mass is 32.2. The van der Waals surface area contributed by atoms with Gasteiger partial charge in [-0.25, -0.2) is 13.4 Å². The van der Waals surface area contributed by atoms with Gasteiger partial charge in [0, 0.05) is 39.3 Å². The number of carbonyl (C=O) groups excluding carboxylic acids is 2. The fourth-order valence-corrected chi connectivity index (χ4v) is 3.58. The number of pyridine rings is 1. The van der Waals surface area contributed by atoms with Gasteiger partial charge in [-0.15, -0.1) is 0 Å². The molecule has 1 atom stereocenters. The minimum atomic E-state index is -3.80. The van der Waals surface area contributed by atoms with Crippen LogP contribution < -0.4 is 0 Å². The van der Waals surface area contributed by atoms with Crippen LogP contribution in [0.25, 0.3) is 0 Å². The lowest BCUT2D eigenvalue weighted by Crippen LogP contribution is -2.53. The van der Waals surface area contributed by atoms with Crippen molar-refractivity contribution in [1.82, 2.24) is 14.8 Å². The summed E-state index contributed by atoms with van der Waals surface area (Å²) >= 11 is 0. The Balaban J connectivity index is 2.09. The van der Waals surface area contributed by atoms with Gasteiger partial charge in [0.2, 0.25) is 21.7 Å². The van der Waals surface area contributed by atoms with Crippen LogP contribution in [0.1, 0.15) is 13.8 Å². The van der Waals surface area contributed by atoms with E-state index >= 15 is 0 Å². The van der Waals surface area contributed by atoms with Crippen molar-refractivity contribution in [2.24, 2.45) is 0 Å². The van der Waals surface area contributed by atoms with Crippen LogP contribution in [0.15, 0.2) is 29.4 Å². The molecule has 120 valence electrons. The normalized spacial score (nSPS) is 17.2. The number of carbonyl (C=O) groups is 2. The Morgan fingerprint density at radius 2 is 1.73 bits per heavy atom. The third-order valence-corrected chi connectivity index (χ3v) is 5.74. The highest BCUT2D eigenvalue weighted by molar-refractivity contribution is 7.92. The highest BCUT2D eigenvalue weighted by Crippen LogP contribution is 2.16. The fraction of sp³-hybridized carbons (Fsp3) is 0.500. The fourth-order valence-electron chi connectivity index (χ4n) is 2.33. The predicted molar refractivity (Wildman–Crippen MR) is 79.7 cm³/mol. The first kappa shape index (κ1) is 16.4. The molecule has 0 radical (unpaired) electrons. The number of aromatic nitrogens is 1. The van der Waals surface area contributed by atoms with Gasteiger partial charge in [0.1, 0.15) is 5.25 Å². The quantitative estimate of drug-likeness (QED) is 0.776. The van der Waals surface area contributed by atoms with Gasteiger partial charge < -0.3 is 9.80 Å². The molecule has 0 bridgehead atoms. The summed E-state index contributed by atoms with van der Waals surface area (Å²) in [7, 11) is -3.80. The molecule has 1 aromatic rings. The molecule has 1 unspecified atom stereocenters. The summed E-state index contributed by atoms with van der Waals surface area (Å²) < 4.78 is 24.8. The zero-order valence-corrected chi connectivity index (χ0v) is 13.4. The molecule has 2 amide bonds. The maximum absolute atomic E-state index is 12.4. The van der Waals surface area contributed by atoms with Crippen molar-refractivity contribution in [2.75, 3.05) is 26.2 Å². The molecule has 7 nitrogen and oxygen atoms in total. The molecule has 1 aliphatic rings. The van der Waals surface area contributed by atoms with Gasteiger partial charge in [0.25, 0.3) is 0 Å². The highest BCUT2D eigenvalue weighted by Gasteiger charge is 2.35. The number of sulfone groups is 1. The summed E-state index contributed by atoms with van der Waals surface area (Å²) in [6, 6.07) is 4.57. The van der Waals surface area contributed by atoms with Crippen LogP contribution in [0.3, 0.4) is 0 Å². The van der Waals surface area contributed by atoms with Gasteiger partial charge in [-0.05, 0) is 19.1 Å². The van der Waals surface area contributed by atoms with Gasteiger partial charge in [-0.2, -0.15) is 0 Å². The van der Waals surface area contributed by atoms with Crippen LogP contribution >= 0.6 is 0 Å². The van der Waals surface area contributed by atoms with Crippen LogP contribution in [-0.4, -0.2) is 66.4 Å². The first-order valence-corrected chi connectivity index (χ1v) is 8.58. The maximum Gasteiger partial charge on any atom is 0.241 e. The summed E-state index contributed by atoms with van der Waals surface area (Å²) in [5.41, 5.74) is 0. The number of hydrogen-bond acceptors (Lipinski definition) is 5. The number of nitrogens with zero attached hydrogens (tertiary/aromatic N) is 3. The zero-order chi connectivity index (χ0) is 16.3. The van der Waals surface area contributed by atoms with Crippen molar-refractivity contribution in [3.63, 3.8) is 0 Å². The monoisotopic (exact) mass is 325 g/mol. The van der Waals surface area contributed by atoms with Gasteiger partial charge in [0.15, 0.2) is 5.03 Å². The third-order valence-electron chi connectivity index (χ3n) is 3.78. The first-order valence-electron chi connectivity index (χ1n) is 7.03. The van der Waals surface area contributed by atoms with E-state index in [1.807, 2.05) is 0 Å². The van der Waals surface area contributed by atoms with Crippen molar-refractivity contribution in [1.29, 1.82) is 0 Å². The molecule has 0 aliphatic carbocycles. The Labute approximate surface area is 129 Å². The lowest BCUT2D eigenvalue weighted by atomic mass is 10.3. The van der Waals surface area contributed by atoms with Crippen LogP contribution in [0.5, 0.6) is 0 Å². The van der Waals surface area contributed by atoms with E-state index in [1.165, 1.54) is 31.0 Å². The standard InChI is InChI=1S/C14H19N3O4S/c1-11(22(20,21)13-5-3-4-6-15-13)14(19)17-9-7-16(8-10-17)12(2)18/h3-6,11H,7-10H2,1-2H3. The predicted octanol–water partition coefficient (Wildman–Crippen LogP) is -0.0655. The Hall–Kier alpha value is -1.96. The molecular weight excluding hydrogens is 306 g/mol. The third kappa shape index (κ3) is 3.27. The average Bonchev–Trinajstić information content (AvgIpc) is 2.54. The van der Waals surface area contributed by atoms with Gasteiger partial charge in [-0.3, -0.25) is 9.59 Å². The van der Waals surface area contributed by atoms with Crippen LogP contribution in [0.2, 0.25) is 0 Å². The van der Waals surface area contributed by atoms with Crippen molar-refractivity contribution in [3.8, 4) is 0 Å². The summed E-state index contributed by atoms with van der Waals surface area (Å²) in [6.07, 6.45) is 1.38. The Bertz CT molecular complexity index is 652. The summed E-state index contributed by atoms with van der Waals surface area (Å²) in [5.74, 6) is -0.491. The minimum absolute atomic E-state index is 0.0405. The van der Waals surface area contributed by atoms with Gasteiger partial charge >= 0.3 is 0 Å². The van der Waals surface area contributed by atoms with E-state index in [0.717, 1.165) is 0 Å². The second-order valence-electron chi connectivity index (χ2n) is 5.19. The molecule has 8 heteroatoms. The number of hydrogen-bond donors (Lipinski definition) is 0. The van der Waals surface area contributed by atoms with Crippen LogP contribution in [0.4, 0.5) is 0 Å². The zero-order valence-electron chi connectivity index (χ0n) is 12.6. The second-order valence-corrected chi connectivity index (χ2v) is 7.40. The maximum atomic E-state index is 12.4. The smallest absolute Gasteiger partial charge is 0.241 e. The van der Waals surface area contributed by atoms with Crippen molar-refractivity contribution in [2.45, 2.75) is 24.1 Å². The topological polar surface area (TPSA) is 87.7 Å². The van der Waals surface area contributed by atoms with Crippen LogP contribution in [-0.2, 0) is 19.4 Å². The lowest BCUT2D eigenvalue weighted by molar-refractivity contribution is -0.137. The number of amides is 2. The average molecular weight is 325 g/mol. The molecule has 2 rings (SSSR count).